The number of Topliss-reactive ketones (excluding diaryl/α,β-unsaturated/α-hetero) is 1. The molecule has 1 saturated heterocycles. The molecule has 1 saturated carbocycles. The highest BCUT2D eigenvalue weighted by molar-refractivity contribution is 5.94. The minimum Gasteiger partial charge on any atom is -0.461 e. The fourth-order valence-electron chi connectivity index (χ4n) is 3.47. The van der Waals surface area contributed by atoms with Gasteiger partial charge >= 0.3 is 0 Å². The van der Waals surface area contributed by atoms with E-state index < -0.39 is 0 Å². The molecular weight excluding hydrogens is 294 g/mol. The van der Waals surface area contributed by atoms with Crippen molar-refractivity contribution in [2.24, 2.45) is 5.92 Å². The number of rotatable bonds is 6. The molecule has 5 nitrogen and oxygen atoms in total. The normalized spacial score (nSPS) is 27.5. The fourth-order valence-corrected chi connectivity index (χ4v) is 3.47. The maximum atomic E-state index is 12.8. The van der Waals surface area contributed by atoms with Gasteiger partial charge in [-0.15, -0.1) is 0 Å². The Morgan fingerprint density at radius 2 is 2.22 bits per heavy atom. The van der Waals surface area contributed by atoms with E-state index in [0.717, 1.165) is 38.6 Å². The number of ketones is 1. The molecule has 3 unspecified atom stereocenters. The van der Waals surface area contributed by atoms with E-state index in [9.17, 15) is 9.59 Å². The summed E-state index contributed by atoms with van der Waals surface area (Å²) in [4.78, 5) is 27.1. The zero-order valence-corrected chi connectivity index (χ0v) is 13.7. The number of carbonyl (C=O) groups is 2. The van der Waals surface area contributed by atoms with E-state index in [-0.39, 0.29) is 29.8 Å². The van der Waals surface area contributed by atoms with Gasteiger partial charge in [-0.3, -0.25) is 9.59 Å². The molecule has 0 N–H and O–H groups in total. The van der Waals surface area contributed by atoms with Gasteiger partial charge in [0.1, 0.15) is 0 Å². The standard InChI is InChI=1S/C18H25NO4/c1-2-22-17-12-14(17)18(21)19-9-5-3-4-7-13(19)11-15(20)16-8-6-10-23-16/h6,8,10,13-14,17H,2-5,7,9,11-12H2,1H3. The van der Waals surface area contributed by atoms with Gasteiger partial charge in [0.05, 0.1) is 18.3 Å². The second-order valence-electron chi connectivity index (χ2n) is 6.48. The summed E-state index contributed by atoms with van der Waals surface area (Å²) >= 11 is 0. The maximum Gasteiger partial charge on any atom is 0.228 e. The van der Waals surface area contributed by atoms with E-state index in [0.29, 0.717) is 18.8 Å². The van der Waals surface area contributed by atoms with E-state index in [1.807, 2.05) is 11.8 Å². The van der Waals surface area contributed by atoms with Gasteiger partial charge < -0.3 is 14.1 Å². The molecule has 1 aromatic rings. The lowest BCUT2D eigenvalue weighted by Crippen LogP contribution is -2.42. The van der Waals surface area contributed by atoms with Gasteiger partial charge in [-0.25, -0.2) is 0 Å². The number of hydrogen-bond donors (Lipinski definition) is 0. The molecule has 1 amide bonds. The monoisotopic (exact) mass is 319 g/mol. The molecule has 2 fully saturated rings. The molecule has 0 bridgehead atoms. The van der Waals surface area contributed by atoms with Gasteiger partial charge in [0.2, 0.25) is 5.91 Å². The van der Waals surface area contributed by atoms with Crippen molar-refractivity contribution < 1.29 is 18.7 Å². The van der Waals surface area contributed by atoms with Crippen LogP contribution in [0.15, 0.2) is 22.8 Å². The first-order valence-corrected chi connectivity index (χ1v) is 8.69. The highest BCUT2D eigenvalue weighted by Gasteiger charge is 2.47. The Labute approximate surface area is 137 Å². The van der Waals surface area contributed by atoms with Gasteiger partial charge in [0.25, 0.3) is 0 Å². The van der Waals surface area contributed by atoms with E-state index in [1.54, 1.807) is 12.1 Å². The Hall–Kier alpha value is -1.62. The molecule has 0 spiro atoms. The smallest absolute Gasteiger partial charge is 0.228 e. The summed E-state index contributed by atoms with van der Waals surface area (Å²) in [6.07, 6.45) is 6.87. The Morgan fingerprint density at radius 3 is 2.96 bits per heavy atom. The van der Waals surface area contributed by atoms with Crippen LogP contribution in [0.1, 0.15) is 56.0 Å². The first-order valence-electron chi connectivity index (χ1n) is 8.69. The molecule has 1 aliphatic carbocycles. The Bertz CT molecular complexity index is 539. The first-order chi connectivity index (χ1) is 11.2. The van der Waals surface area contributed by atoms with Crippen molar-refractivity contribution in [1.82, 2.24) is 4.90 Å². The Morgan fingerprint density at radius 1 is 1.35 bits per heavy atom. The minimum absolute atomic E-state index is 0.00531. The largest absolute Gasteiger partial charge is 0.461 e. The van der Waals surface area contributed by atoms with Crippen molar-refractivity contribution >= 4 is 11.7 Å². The minimum atomic E-state index is -0.0168. The van der Waals surface area contributed by atoms with Gasteiger partial charge in [0.15, 0.2) is 11.5 Å². The third-order valence-electron chi connectivity index (χ3n) is 4.81. The molecule has 126 valence electrons. The number of ether oxygens (including phenoxy) is 1. The zero-order chi connectivity index (χ0) is 16.2. The second-order valence-corrected chi connectivity index (χ2v) is 6.48. The predicted molar refractivity (Wildman–Crippen MR) is 85.1 cm³/mol. The second kappa shape index (κ2) is 7.30. The molecule has 0 aromatic carbocycles. The number of carbonyl (C=O) groups excluding carboxylic acids is 2. The van der Waals surface area contributed by atoms with Crippen molar-refractivity contribution in [3.63, 3.8) is 0 Å². The SMILES string of the molecule is CCOC1CC1C(=O)N1CCCCCC1CC(=O)c1ccco1. The van der Waals surface area contributed by atoms with Crippen LogP contribution in [0.3, 0.4) is 0 Å². The topological polar surface area (TPSA) is 59.8 Å². The highest BCUT2D eigenvalue weighted by atomic mass is 16.5. The summed E-state index contributed by atoms with van der Waals surface area (Å²) in [5.41, 5.74) is 0. The van der Waals surface area contributed by atoms with Crippen LogP contribution in [0.4, 0.5) is 0 Å². The molecule has 23 heavy (non-hydrogen) atoms. The number of amides is 1. The van der Waals surface area contributed by atoms with Gasteiger partial charge in [-0.05, 0) is 38.3 Å². The average molecular weight is 319 g/mol. The van der Waals surface area contributed by atoms with E-state index in [4.69, 9.17) is 9.15 Å². The van der Waals surface area contributed by atoms with Crippen LogP contribution in [0.25, 0.3) is 0 Å². The first kappa shape index (κ1) is 16.2. The van der Waals surface area contributed by atoms with Crippen LogP contribution < -0.4 is 0 Å². The summed E-state index contributed by atoms with van der Waals surface area (Å²) in [5.74, 6) is 0.536. The van der Waals surface area contributed by atoms with Gasteiger partial charge in [0, 0.05) is 25.6 Å². The number of hydrogen-bond acceptors (Lipinski definition) is 4. The van der Waals surface area contributed by atoms with Crippen LogP contribution >= 0.6 is 0 Å². The maximum absolute atomic E-state index is 12.8. The van der Waals surface area contributed by atoms with Crippen LogP contribution in [0.2, 0.25) is 0 Å². The molecule has 1 aromatic heterocycles. The lowest BCUT2D eigenvalue weighted by atomic mass is 10.0. The van der Waals surface area contributed by atoms with Gasteiger partial charge in [-0.1, -0.05) is 12.8 Å². The summed E-state index contributed by atoms with van der Waals surface area (Å²) in [5, 5.41) is 0. The average Bonchev–Trinajstić information content (AvgIpc) is 3.16. The molecule has 2 aliphatic rings. The summed E-state index contributed by atoms with van der Waals surface area (Å²) in [7, 11) is 0. The summed E-state index contributed by atoms with van der Waals surface area (Å²) in [6.45, 7) is 3.36. The molecule has 2 heterocycles. The molecule has 1 aliphatic heterocycles. The fraction of sp³-hybridized carbons (Fsp3) is 0.667. The van der Waals surface area contributed by atoms with Crippen LogP contribution in [-0.2, 0) is 9.53 Å². The zero-order valence-electron chi connectivity index (χ0n) is 13.7. The Kier molecular flexibility index (Phi) is 5.16. The number of likely N-dealkylation sites (tertiary alicyclic amines) is 1. The Balaban J connectivity index is 1.65. The van der Waals surface area contributed by atoms with E-state index >= 15 is 0 Å². The van der Waals surface area contributed by atoms with Crippen molar-refractivity contribution in [1.29, 1.82) is 0 Å². The predicted octanol–water partition coefficient (Wildman–Crippen LogP) is 3.05. The van der Waals surface area contributed by atoms with Gasteiger partial charge in [-0.2, -0.15) is 0 Å². The highest BCUT2D eigenvalue weighted by Crippen LogP contribution is 2.37. The van der Waals surface area contributed by atoms with Crippen molar-refractivity contribution in [3.8, 4) is 0 Å². The number of furan rings is 1. The molecule has 3 rings (SSSR count). The third kappa shape index (κ3) is 3.83. The summed E-state index contributed by atoms with van der Waals surface area (Å²) < 4.78 is 10.8. The van der Waals surface area contributed by atoms with E-state index in [2.05, 4.69) is 0 Å². The summed E-state index contributed by atoms with van der Waals surface area (Å²) in [6, 6.07) is 3.41. The molecule has 0 radical (unpaired) electrons. The van der Waals surface area contributed by atoms with Crippen molar-refractivity contribution in [2.45, 2.75) is 57.6 Å². The van der Waals surface area contributed by atoms with E-state index in [1.165, 1.54) is 6.26 Å². The molecule has 5 heteroatoms. The van der Waals surface area contributed by atoms with Crippen molar-refractivity contribution in [2.75, 3.05) is 13.2 Å². The number of nitrogens with zero attached hydrogens (tertiary/aromatic N) is 1. The van der Waals surface area contributed by atoms with Crippen LogP contribution in [0, 0.1) is 5.92 Å². The quantitative estimate of drug-likeness (QED) is 0.756. The molecule has 3 atom stereocenters. The van der Waals surface area contributed by atoms with Crippen LogP contribution in [-0.4, -0.2) is 41.9 Å². The third-order valence-corrected chi connectivity index (χ3v) is 4.81. The lowest BCUT2D eigenvalue weighted by molar-refractivity contribution is -0.135. The van der Waals surface area contributed by atoms with Crippen molar-refractivity contribution in [3.05, 3.63) is 24.2 Å². The van der Waals surface area contributed by atoms with Crippen LogP contribution in [0.5, 0.6) is 0 Å². The molecular formula is C18H25NO4. The lowest BCUT2D eigenvalue weighted by Gasteiger charge is -2.30.